The first-order valence-electron chi connectivity index (χ1n) is 6.98. The van der Waals surface area contributed by atoms with Crippen LogP contribution in [0.5, 0.6) is 0 Å². The minimum absolute atomic E-state index is 0. The van der Waals surface area contributed by atoms with Crippen molar-refractivity contribution < 1.29 is 0 Å². The maximum atomic E-state index is 2.25. The molecule has 0 aliphatic carbocycles. The third-order valence-electron chi connectivity index (χ3n) is 4.39. The summed E-state index contributed by atoms with van der Waals surface area (Å²) in [6.45, 7) is 0. The molecule has 0 amide bonds. The van der Waals surface area contributed by atoms with Gasteiger partial charge in [-0.15, -0.1) is 0 Å². The van der Waals surface area contributed by atoms with Gasteiger partial charge in [-0.05, 0) is 43.1 Å². The van der Waals surface area contributed by atoms with Gasteiger partial charge in [0.15, 0.2) is 17.4 Å². The summed E-state index contributed by atoms with van der Waals surface area (Å²) in [5.74, 6) is 0. The number of hydrogen-bond acceptors (Lipinski definition) is 0. The molecular formula is C20H15Al. The lowest BCUT2D eigenvalue weighted by molar-refractivity contribution is 1.78. The molecule has 0 bridgehead atoms. The summed E-state index contributed by atoms with van der Waals surface area (Å²) in [5.41, 5.74) is 0. The molecule has 0 aromatic heterocycles. The quantitative estimate of drug-likeness (QED) is 0.222. The predicted octanol–water partition coefficient (Wildman–Crippen LogP) is 4.55. The molecule has 0 spiro atoms. The fourth-order valence-electron chi connectivity index (χ4n) is 3.58. The fraction of sp³-hybridized carbons (Fsp3) is 0. The molecule has 98 valence electrons. The van der Waals surface area contributed by atoms with Gasteiger partial charge in [0.2, 0.25) is 0 Å². The Labute approximate surface area is 133 Å². The molecule has 0 aliphatic heterocycles. The van der Waals surface area contributed by atoms with Crippen molar-refractivity contribution in [2.75, 3.05) is 0 Å². The maximum Gasteiger partial charge on any atom is 0.187 e. The Morgan fingerprint density at radius 3 is 0.952 bits per heavy atom. The molecule has 21 heavy (non-hydrogen) atoms. The van der Waals surface area contributed by atoms with Crippen molar-refractivity contribution in [3.05, 3.63) is 72.8 Å². The third kappa shape index (κ3) is 1.56. The summed E-state index contributed by atoms with van der Waals surface area (Å²) < 4.78 is 0. The highest BCUT2D eigenvalue weighted by molar-refractivity contribution is 6.32. The van der Waals surface area contributed by atoms with Crippen molar-refractivity contribution in [1.82, 2.24) is 0 Å². The van der Waals surface area contributed by atoms with Gasteiger partial charge in [0.05, 0.1) is 0 Å². The van der Waals surface area contributed by atoms with Gasteiger partial charge in [0.25, 0.3) is 0 Å². The largest absolute Gasteiger partial charge is 0.187 e. The van der Waals surface area contributed by atoms with Crippen LogP contribution in [0.4, 0.5) is 0 Å². The zero-order valence-corrected chi connectivity index (χ0v) is 10.9. The Kier molecular flexibility index (Phi) is 2.69. The van der Waals surface area contributed by atoms with Crippen LogP contribution in [0.25, 0.3) is 43.1 Å². The molecule has 5 aromatic carbocycles. The van der Waals surface area contributed by atoms with Gasteiger partial charge in [-0.3, -0.25) is 0 Å². The molecule has 0 N–H and O–H groups in total. The highest BCUT2D eigenvalue weighted by Crippen LogP contribution is 2.39. The van der Waals surface area contributed by atoms with Gasteiger partial charge in [-0.2, -0.15) is 0 Å². The lowest BCUT2D eigenvalue weighted by Gasteiger charge is -2.13. The first-order chi connectivity index (χ1) is 9.93. The van der Waals surface area contributed by atoms with E-state index in [2.05, 4.69) is 72.8 Å². The summed E-state index contributed by atoms with van der Waals surface area (Å²) in [6, 6.07) is 26.4. The SMILES string of the molecule is [AlH3].c1cc2cccc3c4cccc5cccc(c(c1)c23)c54. The number of rotatable bonds is 0. The normalized spacial score (nSPS) is 11.4. The van der Waals surface area contributed by atoms with E-state index in [1.54, 1.807) is 0 Å². The van der Waals surface area contributed by atoms with Crippen molar-refractivity contribution in [1.29, 1.82) is 0 Å². The van der Waals surface area contributed by atoms with Crippen molar-refractivity contribution in [2.24, 2.45) is 0 Å². The summed E-state index contributed by atoms with van der Waals surface area (Å²) in [6.07, 6.45) is 0. The Bertz CT molecular complexity index is 923. The zero-order valence-electron chi connectivity index (χ0n) is 10.9. The van der Waals surface area contributed by atoms with E-state index in [1.807, 2.05) is 0 Å². The Morgan fingerprint density at radius 2 is 0.667 bits per heavy atom. The summed E-state index contributed by atoms with van der Waals surface area (Å²) in [4.78, 5) is 0. The van der Waals surface area contributed by atoms with E-state index in [-0.39, 0.29) is 17.4 Å². The van der Waals surface area contributed by atoms with Gasteiger partial charge in [-0.1, -0.05) is 72.8 Å². The van der Waals surface area contributed by atoms with E-state index in [9.17, 15) is 0 Å². The Balaban J connectivity index is 0.00000115. The Morgan fingerprint density at radius 1 is 0.381 bits per heavy atom. The van der Waals surface area contributed by atoms with E-state index in [1.165, 1.54) is 43.1 Å². The second kappa shape index (κ2) is 4.47. The molecule has 0 unspecified atom stereocenters. The number of benzene rings is 5. The zero-order chi connectivity index (χ0) is 13.1. The van der Waals surface area contributed by atoms with Crippen LogP contribution in [0.3, 0.4) is 0 Å². The van der Waals surface area contributed by atoms with E-state index in [0.717, 1.165) is 0 Å². The summed E-state index contributed by atoms with van der Waals surface area (Å²) in [7, 11) is 0. The molecule has 1 heteroatoms. The second-order valence-corrected chi connectivity index (χ2v) is 5.42. The molecular weight excluding hydrogens is 267 g/mol. The molecule has 5 rings (SSSR count). The molecule has 0 aliphatic rings. The van der Waals surface area contributed by atoms with Crippen molar-refractivity contribution in [2.45, 2.75) is 0 Å². The molecule has 0 nitrogen and oxygen atoms in total. The molecule has 0 radical (unpaired) electrons. The van der Waals surface area contributed by atoms with Gasteiger partial charge in [0, 0.05) is 0 Å². The van der Waals surface area contributed by atoms with Crippen LogP contribution in [-0.4, -0.2) is 17.4 Å². The van der Waals surface area contributed by atoms with Crippen LogP contribution in [0.15, 0.2) is 72.8 Å². The monoisotopic (exact) mass is 282 g/mol. The molecule has 0 saturated carbocycles. The van der Waals surface area contributed by atoms with Crippen LogP contribution >= 0.6 is 0 Å². The van der Waals surface area contributed by atoms with E-state index in [4.69, 9.17) is 0 Å². The summed E-state index contributed by atoms with van der Waals surface area (Å²) in [5, 5.41) is 10.9. The minimum atomic E-state index is 0. The van der Waals surface area contributed by atoms with E-state index in [0.29, 0.717) is 0 Å². The smallest absolute Gasteiger partial charge is 0.0610 e. The first kappa shape index (κ1) is 12.7. The average molecular weight is 282 g/mol. The van der Waals surface area contributed by atoms with Crippen LogP contribution in [-0.2, 0) is 0 Å². The maximum absolute atomic E-state index is 2.25. The highest BCUT2D eigenvalue weighted by atomic mass is 27.0. The lowest BCUT2D eigenvalue weighted by atomic mass is 9.90. The van der Waals surface area contributed by atoms with Crippen LogP contribution < -0.4 is 0 Å². The van der Waals surface area contributed by atoms with E-state index < -0.39 is 0 Å². The Hall–Kier alpha value is -2.07. The van der Waals surface area contributed by atoms with Crippen LogP contribution in [0, 0.1) is 0 Å². The fourth-order valence-corrected chi connectivity index (χ4v) is 3.58. The minimum Gasteiger partial charge on any atom is -0.0610 e. The topological polar surface area (TPSA) is 0 Å². The van der Waals surface area contributed by atoms with Gasteiger partial charge >= 0.3 is 0 Å². The molecule has 0 atom stereocenters. The van der Waals surface area contributed by atoms with Crippen molar-refractivity contribution in [3.8, 4) is 0 Å². The van der Waals surface area contributed by atoms with E-state index >= 15 is 0 Å². The number of fused-ring (bicyclic) bond motifs is 2. The number of hydrogen-bond donors (Lipinski definition) is 0. The second-order valence-electron chi connectivity index (χ2n) is 5.42. The van der Waals surface area contributed by atoms with Gasteiger partial charge in [0.1, 0.15) is 0 Å². The standard InChI is InChI=1S/C20H12.Al.3H/c1-5-13-6-2-11-17-18-12-4-8-14-7-3-10-16(20(14)18)15(9-1)19(13)17;;;;/h1-12H;;;;. The average Bonchev–Trinajstić information content (AvgIpc) is 2.52. The van der Waals surface area contributed by atoms with Crippen molar-refractivity contribution in [3.63, 3.8) is 0 Å². The van der Waals surface area contributed by atoms with Crippen LogP contribution in [0.1, 0.15) is 0 Å². The molecule has 0 heterocycles. The molecule has 0 saturated heterocycles. The molecule has 0 fully saturated rings. The van der Waals surface area contributed by atoms with Gasteiger partial charge in [-0.25, -0.2) is 0 Å². The van der Waals surface area contributed by atoms with Crippen LogP contribution in [0.2, 0.25) is 0 Å². The van der Waals surface area contributed by atoms with Crippen molar-refractivity contribution >= 4 is 60.5 Å². The third-order valence-corrected chi connectivity index (χ3v) is 4.39. The van der Waals surface area contributed by atoms with Gasteiger partial charge < -0.3 is 0 Å². The summed E-state index contributed by atoms with van der Waals surface area (Å²) >= 11 is 0. The lowest BCUT2D eigenvalue weighted by Crippen LogP contribution is -1.85. The highest BCUT2D eigenvalue weighted by Gasteiger charge is 2.11. The molecule has 5 aromatic rings. The predicted molar refractivity (Wildman–Crippen MR) is 97.6 cm³/mol. The first-order valence-corrected chi connectivity index (χ1v) is 6.98.